The summed E-state index contributed by atoms with van der Waals surface area (Å²) in [4.78, 5) is 25.8. The summed E-state index contributed by atoms with van der Waals surface area (Å²) in [5, 5.41) is 0.595. The highest BCUT2D eigenvalue weighted by molar-refractivity contribution is 6.48. The largest absolute Gasteiger partial charge is 0.465 e. The van der Waals surface area contributed by atoms with Crippen molar-refractivity contribution in [2.24, 2.45) is 0 Å². The van der Waals surface area contributed by atoms with Gasteiger partial charge in [0.05, 0.1) is 34.9 Å². The number of ether oxygens (including phenoxy) is 2. The van der Waals surface area contributed by atoms with E-state index in [1.165, 1.54) is 37.3 Å². The molecular formula is C16H12Cl3NO4. The Morgan fingerprint density at radius 3 is 2.08 bits per heavy atom. The van der Waals surface area contributed by atoms with E-state index in [0.29, 0.717) is 5.69 Å². The van der Waals surface area contributed by atoms with Crippen LogP contribution in [0.3, 0.4) is 0 Å². The zero-order valence-corrected chi connectivity index (χ0v) is 14.9. The van der Waals surface area contributed by atoms with Crippen LogP contribution in [0.2, 0.25) is 15.1 Å². The third kappa shape index (κ3) is 3.59. The molecule has 0 unspecified atom stereocenters. The van der Waals surface area contributed by atoms with Crippen LogP contribution in [0.25, 0.3) is 0 Å². The maximum absolute atomic E-state index is 12.3. The zero-order valence-electron chi connectivity index (χ0n) is 12.7. The zero-order chi connectivity index (χ0) is 17.9. The lowest BCUT2D eigenvalue weighted by Crippen LogP contribution is -2.27. The van der Waals surface area contributed by atoms with Gasteiger partial charge in [-0.25, -0.2) is 9.59 Å². The van der Waals surface area contributed by atoms with E-state index in [2.05, 4.69) is 0 Å². The van der Waals surface area contributed by atoms with Gasteiger partial charge in [0.15, 0.2) is 0 Å². The fraction of sp³-hybridized carbons (Fsp3) is 0.125. The molecule has 0 saturated carbocycles. The number of allylic oxidation sites excluding steroid dienone is 2. The highest BCUT2D eigenvalue weighted by Crippen LogP contribution is 2.36. The van der Waals surface area contributed by atoms with Crippen LogP contribution in [0.4, 0.5) is 5.69 Å². The first kappa shape index (κ1) is 18.4. The van der Waals surface area contributed by atoms with E-state index >= 15 is 0 Å². The monoisotopic (exact) mass is 387 g/mol. The Labute approximate surface area is 153 Å². The van der Waals surface area contributed by atoms with Crippen molar-refractivity contribution in [3.8, 4) is 0 Å². The third-order valence-corrected chi connectivity index (χ3v) is 4.33. The first-order valence-corrected chi connectivity index (χ1v) is 7.73. The summed E-state index contributed by atoms with van der Waals surface area (Å²) >= 11 is 18.1. The molecule has 0 bridgehead atoms. The molecule has 0 amide bonds. The van der Waals surface area contributed by atoms with Crippen LogP contribution in [0.5, 0.6) is 0 Å². The van der Waals surface area contributed by atoms with Gasteiger partial charge in [-0.2, -0.15) is 0 Å². The molecule has 1 aromatic rings. The molecule has 5 nitrogen and oxygen atoms in total. The van der Waals surface area contributed by atoms with Crippen molar-refractivity contribution >= 4 is 52.4 Å². The molecule has 1 aliphatic rings. The second-order valence-electron chi connectivity index (χ2n) is 4.54. The Balaban J connectivity index is 2.70. The van der Waals surface area contributed by atoms with Gasteiger partial charge in [0.1, 0.15) is 5.70 Å². The Hall–Kier alpha value is -1.95. The Bertz CT molecular complexity index is 761. The number of nitrogens with zero attached hydrogens (tertiary/aromatic N) is 1. The van der Waals surface area contributed by atoms with Crippen molar-refractivity contribution in [1.29, 1.82) is 0 Å². The number of anilines is 1. The number of carbonyl (C=O) groups is 2. The minimum absolute atomic E-state index is 0.0246. The van der Waals surface area contributed by atoms with Gasteiger partial charge in [-0.05, 0) is 24.3 Å². The number of hydrogen-bond donors (Lipinski definition) is 0. The van der Waals surface area contributed by atoms with Gasteiger partial charge in [0, 0.05) is 11.9 Å². The molecule has 0 fully saturated rings. The van der Waals surface area contributed by atoms with Crippen molar-refractivity contribution in [2.45, 2.75) is 0 Å². The summed E-state index contributed by atoms with van der Waals surface area (Å²) in [5.41, 5.74) is 0.413. The van der Waals surface area contributed by atoms with Gasteiger partial charge in [-0.3, -0.25) is 0 Å². The standard InChI is InChI=1S/C16H12Cl3NO4/c1-23-15(21)10-5-3-4-6-20(14(10)16(22)24-2)9-7-11(17)13(19)12(18)8-9/h3-8H,1-2H3. The van der Waals surface area contributed by atoms with E-state index in [9.17, 15) is 9.59 Å². The van der Waals surface area contributed by atoms with Crippen LogP contribution in [-0.2, 0) is 19.1 Å². The minimum atomic E-state index is -0.728. The molecule has 126 valence electrons. The fourth-order valence-electron chi connectivity index (χ4n) is 2.05. The molecule has 0 aromatic heterocycles. The Morgan fingerprint density at radius 1 is 0.958 bits per heavy atom. The summed E-state index contributed by atoms with van der Waals surface area (Å²) in [6.07, 6.45) is 6.24. The smallest absolute Gasteiger partial charge is 0.355 e. The maximum atomic E-state index is 12.3. The normalized spacial score (nSPS) is 13.8. The first-order valence-electron chi connectivity index (χ1n) is 6.60. The van der Waals surface area contributed by atoms with E-state index in [1.807, 2.05) is 0 Å². The van der Waals surface area contributed by atoms with Crippen molar-refractivity contribution < 1.29 is 19.1 Å². The molecule has 0 radical (unpaired) electrons. The maximum Gasteiger partial charge on any atom is 0.355 e. The predicted molar refractivity (Wildman–Crippen MR) is 93.3 cm³/mol. The second-order valence-corrected chi connectivity index (χ2v) is 5.73. The van der Waals surface area contributed by atoms with Crippen LogP contribution in [0, 0.1) is 0 Å². The van der Waals surface area contributed by atoms with Gasteiger partial charge in [-0.15, -0.1) is 0 Å². The van der Waals surface area contributed by atoms with E-state index in [1.54, 1.807) is 18.4 Å². The number of hydrogen-bond acceptors (Lipinski definition) is 5. The molecule has 0 saturated heterocycles. The van der Waals surface area contributed by atoms with E-state index in [-0.39, 0.29) is 26.3 Å². The van der Waals surface area contributed by atoms with Gasteiger partial charge >= 0.3 is 11.9 Å². The Morgan fingerprint density at radius 2 is 1.54 bits per heavy atom. The average Bonchev–Trinajstić information content (AvgIpc) is 2.80. The molecule has 2 rings (SSSR count). The number of esters is 2. The van der Waals surface area contributed by atoms with Gasteiger partial charge in [0.2, 0.25) is 0 Å². The number of carbonyl (C=O) groups excluding carboxylic acids is 2. The van der Waals surface area contributed by atoms with Crippen molar-refractivity contribution in [2.75, 3.05) is 19.1 Å². The number of halogens is 3. The van der Waals surface area contributed by atoms with Crippen LogP contribution >= 0.6 is 34.8 Å². The molecule has 0 atom stereocenters. The van der Waals surface area contributed by atoms with E-state index in [4.69, 9.17) is 44.3 Å². The molecule has 8 heteroatoms. The molecule has 1 aromatic carbocycles. The minimum Gasteiger partial charge on any atom is -0.465 e. The summed E-state index contributed by atoms with van der Waals surface area (Å²) in [6, 6.07) is 3.03. The van der Waals surface area contributed by atoms with Crippen molar-refractivity contribution in [1.82, 2.24) is 0 Å². The van der Waals surface area contributed by atoms with E-state index in [0.717, 1.165) is 0 Å². The highest BCUT2D eigenvalue weighted by Gasteiger charge is 2.28. The van der Waals surface area contributed by atoms with Crippen LogP contribution in [0.15, 0.2) is 47.8 Å². The van der Waals surface area contributed by atoms with Crippen molar-refractivity contribution in [3.05, 3.63) is 62.9 Å². The lowest BCUT2D eigenvalue weighted by Gasteiger charge is -2.23. The predicted octanol–water partition coefficient (Wildman–Crippen LogP) is 4.14. The quantitative estimate of drug-likeness (QED) is 0.575. The van der Waals surface area contributed by atoms with Crippen molar-refractivity contribution in [3.63, 3.8) is 0 Å². The van der Waals surface area contributed by atoms with Gasteiger partial charge < -0.3 is 14.4 Å². The third-order valence-electron chi connectivity index (χ3n) is 3.14. The molecule has 24 heavy (non-hydrogen) atoms. The Kier molecular flexibility index (Phi) is 5.94. The molecule has 0 aliphatic carbocycles. The first-order chi connectivity index (χ1) is 11.4. The van der Waals surface area contributed by atoms with Gasteiger partial charge in [0.25, 0.3) is 0 Å². The molecule has 1 aliphatic heterocycles. The van der Waals surface area contributed by atoms with Gasteiger partial charge in [-0.1, -0.05) is 40.9 Å². The lowest BCUT2D eigenvalue weighted by molar-refractivity contribution is -0.139. The molecular weight excluding hydrogens is 377 g/mol. The summed E-state index contributed by atoms with van der Waals surface area (Å²) in [6.45, 7) is 0. The average molecular weight is 389 g/mol. The number of methoxy groups -OCH3 is 2. The van der Waals surface area contributed by atoms with Crippen LogP contribution in [-0.4, -0.2) is 26.2 Å². The number of benzene rings is 1. The second kappa shape index (κ2) is 7.75. The summed E-state index contributed by atoms with van der Waals surface area (Å²) < 4.78 is 9.54. The summed E-state index contributed by atoms with van der Waals surface area (Å²) in [7, 11) is 2.43. The van der Waals surface area contributed by atoms with E-state index < -0.39 is 11.9 Å². The lowest BCUT2D eigenvalue weighted by atomic mass is 10.1. The highest BCUT2D eigenvalue weighted by atomic mass is 35.5. The topological polar surface area (TPSA) is 55.8 Å². The molecule has 0 spiro atoms. The fourth-order valence-corrected chi connectivity index (χ4v) is 2.63. The number of rotatable bonds is 3. The summed E-state index contributed by atoms with van der Waals surface area (Å²) in [5.74, 6) is -1.42. The van der Waals surface area contributed by atoms with Crippen LogP contribution in [0.1, 0.15) is 0 Å². The SMILES string of the molecule is COC(=O)C1=C(C(=O)OC)N(c2cc(Cl)c(Cl)c(Cl)c2)C=CC=C1. The van der Waals surface area contributed by atoms with Crippen LogP contribution < -0.4 is 4.90 Å². The molecule has 1 heterocycles. The molecule has 0 N–H and O–H groups in total.